The number of fused-ring (bicyclic) bond motifs is 1. The van der Waals surface area contributed by atoms with E-state index in [1.165, 1.54) is 36.5 Å². The van der Waals surface area contributed by atoms with E-state index in [2.05, 4.69) is 51.4 Å². The molecule has 1 unspecified atom stereocenters. The number of rotatable bonds is 9. The molecule has 9 heteroatoms. The van der Waals surface area contributed by atoms with Gasteiger partial charge in [-0.05, 0) is 49.3 Å². The van der Waals surface area contributed by atoms with E-state index in [4.69, 9.17) is 4.98 Å². The first-order chi connectivity index (χ1) is 18.5. The molecule has 0 bridgehead atoms. The van der Waals surface area contributed by atoms with Crippen LogP contribution >= 0.6 is 0 Å². The first-order valence-corrected chi connectivity index (χ1v) is 13.9. The third-order valence-electron chi connectivity index (χ3n) is 8.53. The molecule has 6 rings (SSSR count). The summed E-state index contributed by atoms with van der Waals surface area (Å²) in [4.78, 5) is 39.7. The predicted molar refractivity (Wildman–Crippen MR) is 147 cm³/mol. The van der Waals surface area contributed by atoms with Gasteiger partial charge in [-0.25, -0.2) is 9.78 Å². The van der Waals surface area contributed by atoms with Crippen LogP contribution in [0, 0.1) is 5.92 Å². The lowest BCUT2D eigenvalue weighted by molar-refractivity contribution is -0.128. The molecule has 200 valence electrons. The Morgan fingerprint density at radius 3 is 2.58 bits per heavy atom. The fourth-order valence-corrected chi connectivity index (χ4v) is 5.87. The highest BCUT2D eigenvalue weighted by atomic mass is 16.2. The minimum atomic E-state index is -0.163. The van der Waals surface area contributed by atoms with E-state index in [0.29, 0.717) is 30.9 Å². The van der Waals surface area contributed by atoms with Crippen molar-refractivity contribution in [2.75, 3.05) is 42.9 Å². The fourth-order valence-electron chi connectivity index (χ4n) is 5.87. The number of nitrogens with one attached hydrogen (secondary N) is 2. The molecule has 1 atom stereocenters. The Hall–Kier alpha value is -3.46. The highest BCUT2D eigenvalue weighted by Crippen LogP contribution is 2.48. The average molecular weight is 516 g/mol. The Morgan fingerprint density at radius 1 is 1.21 bits per heavy atom. The number of anilines is 2. The first kappa shape index (κ1) is 24.9. The summed E-state index contributed by atoms with van der Waals surface area (Å²) in [6, 6.07) is 9.38. The zero-order chi connectivity index (χ0) is 26.3. The van der Waals surface area contributed by atoms with Crippen molar-refractivity contribution in [2.45, 2.75) is 57.2 Å². The second-order valence-electron chi connectivity index (χ2n) is 11.0. The number of amides is 3. The van der Waals surface area contributed by atoms with Crippen LogP contribution in [-0.4, -0.2) is 64.4 Å². The van der Waals surface area contributed by atoms with Crippen LogP contribution in [0.25, 0.3) is 0 Å². The zero-order valence-corrected chi connectivity index (χ0v) is 22.2. The van der Waals surface area contributed by atoms with Crippen molar-refractivity contribution in [1.29, 1.82) is 0 Å². The molecule has 2 aliphatic heterocycles. The topological polar surface area (TPSA) is 93.7 Å². The molecule has 2 saturated carbocycles. The van der Waals surface area contributed by atoms with E-state index in [9.17, 15) is 9.59 Å². The molecule has 1 saturated heterocycles. The van der Waals surface area contributed by atoms with Crippen molar-refractivity contribution in [2.24, 2.45) is 5.92 Å². The second-order valence-corrected chi connectivity index (χ2v) is 11.0. The lowest BCUT2D eigenvalue weighted by Gasteiger charge is -2.39. The molecule has 1 aromatic heterocycles. The van der Waals surface area contributed by atoms with Crippen LogP contribution in [0.4, 0.5) is 16.6 Å². The van der Waals surface area contributed by atoms with Crippen LogP contribution < -0.4 is 15.5 Å². The molecule has 2 N–H and O–H groups in total. The summed E-state index contributed by atoms with van der Waals surface area (Å²) in [6.45, 7) is 9.91. The minimum absolute atomic E-state index is 0.0311. The molecule has 38 heavy (non-hydrogen) atoms. The molecule has 0 radical (unpaired) electrons. The van der Waals surface area contributed by atoms with Crippen LogP contribution in [0.3, 0.4) is 0 Å². The van der Waals surface area contributed by atoms with Crippen molar-refractivity contribution in [1.82, 2.24) is 25.1 Å². The summed E-state index contributed by atoms with van der Waals surface area (Å²) in [5.74, 6) is 2.10. The largest absolute Gasteiger partial charge is 0.345 e. The fraction of sp³-hybridized carbons (Fsp3) is 0.517. The SMILES string of the molecule is C=CC(=O)N1CCN(C(CC2CC2)c2ccc(C3(Nc4ncc5c(n4)N(CC)C(=O)NC5)CC3)cc2)CC1. The highest BCUT2D eigenvalue weighted by Gasteiger charge is 2.45. The van der Waals surface area contributed by atoms with Gasteiger partial charge >= 0.3 is 6.03 Å². The van der Waals surface area contributed by atoms with Gasteiger partial charge in [0.05, 0.1) is 5.54 Å². The molecule has 4 aliphatic rings. The number of urea groups is 1. The van der Waals surface area contributed by atoms with Crippen molar-refractivity contribution in [3.63, 3.8) is 0 Å². The first-order valence-electron chi connectivity index (χ1n) is 13.9. The Morgan fingerprint density at radius 2 is 1.95 bits per heavy atom. The molecule has 2 aromatic rings. The summed E-state index contributed by atoms with van der Waals surface area (Å²) in [7, 11) is 0. The van der Waals surface area contributed by atoms with Crippen molar-refractivity contribution in [3.8, 4) is 0 Å². The van der Waals surface area contributed by atoms with E-state index < -0.39 is 0 Å². The molecule has 3 heterocycles. The predicted octanol–water partition coefficient (Wildman–Crippen LogP) is 3.80. The summed E-state index contributed by atoms with van der Waals surface area (Å²) in [6.07, 6.45) is 9.12. The number of nitrogens with zero attached hydrogens (tertiary/aromatic N) is 5. The molecular weight excluding hydrogens is 478 g/mol. The van der Waals surface area contributed by atoms with Crippen LogP contribution in [0.5, 0.6) is 0 Å². The Kier molecular flexibility index (Phi) is 6.55. The summed E-state index contributed by atoms with van der Waals surface area (Å²) < 4.78 is 0. The van der Waals surface area contributed by atoms with Gasteiger partial charge in [-0.3, -0.25) is 14.6 Å². The molecule has 2 aliphatic carbocycles. The molecule has 3 amide bonds. The summed E-state index contributed by atoms with van der Waals surface area (Å²) in [5.41, 5.74) is 3.38. The summed E-state index contributed by atoms with van der Waals surface area (Å²) in [5, 5.41) is 6.46. The minimum Gasteiger partial charge on any atom is -0.345 e. The van der Waals surface area contributed by atoms with E-state index in [-0.39, 0.29) is 17.5 Å². The second kappa shape index (κ2) is 10.0. The van der Waals surface area contributed by atoms with E-state index in [1.54, 1.807) is 4.90 Å². The quantitative estimate of drug-likeness (QED) is 0.494. The summed E-state index contributed by atoms with van der Waals surface area (Å²) >= 11 is 0. The van der Waals surface area contributed by atoms with E-state index in [0.717, 1.165) is 50.5 Å². The standard InChI is InChI=1S/C29H37N7O2/c1-3-25(37)35-15-13-34(14-16-35)24(17-20-5-6-20)21-7-9-23(10-8-21)29(11-12-29)33-27-30-18-22-19-31-28(38)36(4-2)26(22)32-27/h3,7-10,18,20,24H,1,4-6,11-17,19H2,2H3,(H,31,38)(H,30,32,33). The number of carbonyl (C=O) groups excluding carboxylic acids is 2. The van der Waals surface area contributed by atoms with Gasteiger partial charge in [0, 0.05) is 57.1 Å². The Labute approximate surface area is 224 Å². The molecule has 0 spiro atoms. The monoisotopic (exact) mass is 515 g/mol. The number of hydrogen-bond donors (Lipinski definition) is 2. The van der Waals surface area contributed by atoms with Crippen molar-refractivity contribution >= 4 is 23.7 Å². The van der Waals surface area contributed by atoms with Gasteiger partial charge in [-0.15, -0.1) is 0 Å². The third kappa shape index (κ3) is 4.87. The lowest BCUT2D eigenvalue weighted by atomic mass is 9.95. The van der Waals surface area contributed by atoms with Gasteiger partial charge in [0.15, 0.2) is 0 Å². The van der Waals surface area contributed by atoms with Crippen molar-refractivity contribution in [3.05, 3.63) is 59.8 Å². The maximum absolute atomic E-state index is 12.3. The van der Waals surface area contributed by atoms with Gasteiger partial charge in [0.25, 0.3) is 0 Å². The van der Waals surface area contributed by atoms with Crippen LogP contribution in [0.15, 0.2) is 43.1 Å². The van der Waals surface area contributed by atoms with Gasteiger partial charge in [-0.1, -0.05) is 43.7 Å². The van der Waals surface area contributed by atoms with Crippen molar-refractivity contribution < 1.29 is 9.59 Å². The normalized spacial score (nSPS) is 21.3. The number of benzene rings is 1. The number of carbonyl (C=O) groups is 2. The molecule has 1 aromatic carbocycles. The Balaban J connectivity index is 1.17. The van der Waals surface area contributed by atoms with Crippen LogP contribution in [0.1, 0.15) is 61.8 Å². The smallest absolute Gasteiger partial charge is 0.323 e. The van der Waals surface area contributed by atoms with Crippen LogP contribution in [0.2, 0.25) is 0 Å². The highest BCUT2D eigenvalue weighted by molar-refractivity contribution is 5.93. The van der Waals surface area contributed by atoms with E-state index in [1.807, 2.05) is 18.0 Å². The molecular formula is C29H37N7O2. The zero-order valence-electron chi connectivity index (χ0n) is 22.2. The number of piperazine rings is 1. The maximum Gasteiger partial charge on any atom is 0.323 e. The van der Waals surface area contributed by atoms with Gasteiger partial charge in [0.1, 0.15) is 5.82 Å². The maximum atomic E-state index is 12.3. The average Bonchev–Trinajstić information content (AvgIpc) is 3.89. The molecule has 3 fully saturated rings. The Bertz CT molecular complexity index is 1210. The van der Waals surface area contributed by atoms with Crippen LogP contribution in [-0.2, 0) is 16.9 Å². The van der Waals surface area contributed by atoms with Gasteiger partial charge < -0.3 is 15.5 Å². The lowest BCUT2D eigenvalue weighted by Crippen LogP contribution is -2.49. The number of aromatic nitrogens is 2. The van der Waals surface area contributed by atoms with E-state index >= 15 is 0 Å². The molecule has 9 nitrogen and oxygen atoms in total. The van der Waals surface area contributed by atoms with Gasteiger partial charge in [0.2, 0.25) is 11.9 Å². The number of hydrogen-bond acceptors (Lipinski definition) is 6. The van der Waals surface area contributed by atoms with Gasteiger partial charge in [-0.2, -0.15) is 4.98 Å². The third-order valence-corrected chi connectivity index (χ3v) is 8.53.